The molecule has 0 radical (unpaired) electrons. The summed E-state index contributed by atoms with van der Waals surface area (Å²) in [5.74, 6) is 0.952. The van der Waals surface area contributed by atoms with E-state index < -0.39 is 0 Å². The van der Waals surface area contributed by atoms with Crippen molar-refractivity contribution in [1.82, 2.24) is 19.4 Å². The highest BCUT2D eigenvalue weighted by Gasteiger charge is 2.17. The number of nitrogens with one attached hydrogen (secondary N) is 2. The topological polar surface area (TPSA) is 87.5 Å². The Morgan fingerprint density at radius 2 is 1.95 bits per heavy atom. The Kier molecular flexibility index (Phi) is 8.77. The Hall–Kier alpha value is -4.44. The molecule has 0 atom stereocenters. The molecule has 0 aliphatic heterocycles. The second-order valence-electron chi connectivity index (χ2n) is 9.38. The third-order valence-corrected chi connectivity index (χ3v) is 6.08. The summed E-state index contributed by atoms with van der Waals surface area (Å²) in [4.78, 5) is 25.5. The van der Waals surface area contributed by atoms with E-state index >= 15 is 0 Å². The van der Waals surface area contributed by atoms with Crippen LogP contribution in [-0.2, 0) is 4.79 Å². The molecule has 2 aromatic heterocycles. The van der Waals surface area contributed by atoms with Gasteiger partial charge in [0.25, 0.3) is 0 Å². The number of nitrogens with zero attached hydrogens (tertiary/aromatic N) is 5. The molecule has 39 heavy (non-hydrogen) atoms. The zero-order valence-electron chi connectivity index (χ0n) is 22.7. The molecule has 0 unspecified atom stereocenters. The monoisotopic (exact) mass is 531 g/mol. The van der Waals surface area contributed by atoms with Crippen LogP contribution in [0.2, 0.25) is 0 Å². The lowest BCUT2D eigenvalue weighted by atomic mass is 10.2. The molecule has 204 valence electrons. The van der Waals surface area contributed by atoms with Crippen LogP contribution in [0.3, 0.4) is 0 Å². The lowest BCUT2D eigenvalue weighted by molar-refractivity contribution is -0.111. The molecule has 9 nitrogen and oxygen atoms in total. The number of ether oxygens (including phenoxy) is 1. The van der Waals surface area contributed by atoms with Gasteiger partial charge in [0, 0.05) is 44.0 Å². The van der Waals surface area contributed by atoms with E-state index in [0.29, 0.717) is 35.5 Å². The highest BCUT2D eigenvalue weighted by Crippen LogP contribution is 2.38. The molecule has 2 aromatic carbocycles. The number of carbonyl (C=O) groups is 1. The first-order chi connectivity index (χ1) is 18.8. The highest BCUT2D eigenvalue weighted by molar-refractivity contribution is 6.02. The van der Waals surface area contributed by atoms with Crippen molar-refractivity contribution < 1.29 is 13.9 Å². The minimum Gasteiger partial charge on any atom is -0.491 e. The average Bonchev–Trinajstić information content (AvgIpc) is 3.34. The van der Waals surface area contributed by atoms with E-state index in [1.807, 2.05) is 57.0 Å². The zero-order valence-corrected chi connectivity index (χ0v) is 22.7. The first-order valence-corrected chi connectivity index (χ1v) is 12.8. The minimum atomic E-state index is -0.320. The lowest BCUT2D eigenvalue weighted by Crippen LogP contribution is -2.29. The fourth-order valence-electron chi connectivity index (χ4n) is 4.05. The first-order valence-electron chi connectivity index (χ1n) is 12.8. The van der Waals surface area contributed by atoms with Gasteiger partial charge in [-0.05, 0) is 63.0 Å². The van der Waals surface area contributed by atoms with Crippen molar-refractivity contribution in [3.05, 3.63) is 73.3 Å². The Morgan fingerprint density at radius 1 is 1.13 bits per heavy atom. The van der Waals surface area contributed by atoms with Gasteiger partial charge in [0.2, 0.25) is 11.9 Å². The van der Waals surface area contributed by atoms with Crippen LogP contribution >= 0.6 is 0 Å². The number of benzene rings is 2. The van der Waals surface area contributed by atoms with Crippen LogP contribution in [0.5, 0.6) is 5.75 Å². The molecule has 1 amide bonds. The summed E-state index contributed by atoms with van der Waals surface area (Å²) < 4.78 is 21.7. The Labute approximate surface area is 227 Å². The summed E-state index contributed by atoms with van der Waals surface area (Å²) >= 11 is 0. The van der Waals surface area contributed by atoms with E-state index in [-0.39, 0.29) is 11.7 Å². The predicted molar refractivity (Wildman–Crippen MR) is 155 cm³/mol. The SMILES string of the molecule is C=CC(=O)Nc1cc(Nc2nccc(-n3ccc4cc(F)ccc43)n2)c(OCCC)cc1N(C)CCN(C)C. The lowest BCUT2D eigenvalue weighted by Gasteiger charge is -2.26. The average molecular weight is 532 g/mol. The molecular weight excluding hydrogens is 497 g/mol. The van der Waals surface area contributed by atoms with Gasteiger partial charge in [-0.25, -0.2) is 9.37 Å². The zero-order chi connectivity index (χ0) is 27.9. The van der Waals surface area contributed by atoms with Crippen molar-refractivity contribution in [2.24, 2.45) is 0 Å². The summed E-state index contributed by atoms with van der Waals surface area (Å²) in [5, 5.41) is 6.95. The van der Waals surface area contributed by atoms with Crippen LogP contribution in [0, 0.1) is 5.82 Å². The second-order valence-corrected chi connectivity index (χ2v) is 9.38. The maximum atomic E-state index is 13.7. The molecule has 0 spiro atoms. The number of aromatic nitrogens is 3. The minimum absolute atomic E-state index is 0.292. The van der Waals surface area contributed by atoms with Crippen LogP contribution in [0.25, 0.3) is 16.7 Å². The highest BCUT2D eigenvalue weighted by atomic mass is 19.1. The van der Waals surface area contributed by atoms with Gasteiger partial charge in [-0.2, -0.15) is 4.98 Å². The quantitative estimate of drug-likeness (QED) is 0.243. The number of fused-ring (bicyclic) bond motifs is 1. The Bertz CT molecular complexity index is 1470. The third-order valence-electron chi connectivity index (χ3n) is 6.08. The van der Waals surface area contributed by atoms with Gasteiger partial charge in [0.05, 0.1) is 29.2 Å². The van der Waals surface area contributed by atoms with Gasteiger partial charge >= 0.3 is 0 Å². The van der Waals surface area contributed by atoms with Crippen LogP contribution in [0.15, 0.2) is 67.5 Å². The number of halogens is 1. The van der Waals surface area contributed by atoms with Crippen LogP contribution < -0.4 is 20.3 Å². The number of hydrogen-bond acceptors (Lipinski definition) is 7. The number of anilines is 4. The molecule has 2 N–H and O–H groups in total. The van der Waals surface area contributed by atoms with E-state index in [1.54, 1.807) is 18.3 Å². The third kappa shape index (κ3) is 6.71. The molecule has 0 fully saturated rings. The molecule has 0 aliphatic carbocycles. The van der Waals surface area contributed by atoms with Gasteiger partial charge < -0.3 is 29.7 Å². The number of amides is 1. The normalized spacial score (nSPS) is 11.0. The van der Waals surface area contributed by atoms with Crippen LogP contribution in [0.1, 0.15) is 13.3 Å². The van der Waals surface area contributed by atoms with Gasteiger partial charge in [-0.15, -0.1) is 0 Å². The summed E-state index contributed by atoms with van der Waals surface area (Å²) in [7, 11) is 6.00. The summed E-state index contributed by atoms with van der Waals surface area (Å²) in [6.45, 7) is 7.71. The number of rotatable bonds is 12. The van der Waals surface area contributed by atoms with E-state index in [2.05, 4.69) is 37.0 Å². The second kappa shape index (κ2) is 12.4. The van der Waals surface area contributed by atoms with Gasteiger partial charge in [-0.1, -0.05) is 13.5 Å². The summed E-state index contributed by atoms with van der Waals surface area (Å²) in [5.41, 5.74) is 2.84. The predicted octanol–water partition coefficient (Wildman–Crippen LogP) is 5.21. The molecular formula is C29H34FN7O2. The van der Waals surface area contributed by atoms with Crippen molar-refractivity contribution in [3.63, 3.8) is 0 Å². The van der Waals surface area contributed by atoms with E-state index in [0.717, 1.165) is 36.1 Å². The van der Waals surface area contributed by atoms with Gasteiger partial charge in [-0.3, -0.25) is 4.79 Å². The maximum absolute atomic E-state index is 13.7. The first kappa shape index (κ1) is 27.6. The molecule has 0 saturated carbocycles. The smallest absolute Gasteiger partial charge is 0.247 e. The molecule has 4 rings (SSSR count). The number of likely N-dealkylation sites (N-methyl/N-ethyl adjacent to an activating group) is 2. The van der Waals surface area contributed by atoms with E-state index in [9.17, 15) is 9.18 Å². The van der Waals surface area contributed by atoms with Crippen LogP contribution in [0.4, 0.5) is 27.4 Å². The van der Waals surface area contributed by atoms with E-state index in [1.165, 1.54) is 18.2 Å². The standard InChI is InChI=1S/C29H34FN7O2/c1-6-16-39-26-19-25(36(5)15-14-35(3)4)22(32-28(38)7-2)18-23(26)33-29-31-12-10-27(34-29)37-13-11-20-17-21(30)8-9-24(20)37/h7-13,17-19H,2,6,14-16H2,1,3-5H3,(H,32,38)(H,31,33,34). The van der Waals surface area contributed by atoms with Crippen molar-refractivity contribution in [1.29, 1.82) is 0 Å². The molecule has 2 heterocycles. The molecule has 10 heteroatoms. The maximum Gasteiger partial charge on any atom is 0.247 e. The van der Waals surface area contributed by atoms with Gasteiger partial charge in [0.1, 0.15) is 17.4 Å². The van der Waals surface area contributed by atoms with Crippen molar-refractivity contribution in [3.8, 4) is 11.6 Å². The fourth-order valence-corrected chi connectivity index (χ4v) is 4.05. The van der Waals surface area contributed by atoms with Gasteiger partial charge in [0.15, 0.2) is 0 Å². The Balaban J connectivity index is 1.72. The molecule has 4 aromatic rings. The number of carbonyl (C=O) groups excluding carboxylic acids is 1. The molecule has 0 bridgehead atoms. The van der Waals surface area contributed by atoms with E-state index in [4.69, 9.17) is 4.74 Å². The molecule has 0 saturated heterocycles. The fraction of sp³-hybridized carbons (Fsp3) is 0.276. The largest absolute Gasteiger partial charge is 0.491 e. The van der Waals surface area contributed by atoms with Crippen molar-refractivity contribution in [2.75, 3.05) is 56.4 Å². The van der Waals surface area contributed by atoms with Crippen LogP contribution in [-0.4, -0.2) is 66.2 Å². The van der Waals surface area contributed by atoms with Crippen molar-refractivity contribution >= 4 is 39.8 Å². The molecule has 0 aliphatic rings. The Morgan fingerprint density at radius 3 is 2.69 bits per heavy atom. The number of hydrogen-bond donors (Lipinski definition) is 2. The summed E-state index contributed by atoms with van der Waals surface area (Å²) in [6, 6.07) is 12.0. The van der Waals surface area contributed by atoms with Crippen molar-refractivity contribution in [2.45, 2.75) is 13.3 Å². The summed E-state index contributed by atoms with van der Waals surface area (Å²) in [6.07, 6.45) is 5.55.